The van der Waals surface area contributed by atoms with Gasteiger partial charge >= 0.3 is 5.97 Å². The van der Waals surface area contributed by atoms with Crippen LogP contribution in [0.3, 0.4) is 0 Å². The molecule has 1 N–H and O–H groups in total. The van der Waals surface area contributed by atoms with Gasteiger partial charge in [0.2, 0.25) is 5.41 Å². The van der Waals surface area contributed by atoms with Gasteiger partial charge in [0.05, 0.1) is 25.0 Å². The topological polar surface area (TPSA) is 97.7 Å². The molecule has 0 bridgehead atoms. The van der Waals surface area contributed by atoms with E-state index in [2.05, 4.69) is 6.07 Å². The van der Waals surface area contributed by atoms with Gasteiger partial charge in [-0.15, -0.1) is 0 Å². The fourth-order valence-corrected chi connectivity index (χ4v) is 4.37. The summed E-state index contributed by atoms with van der Waals surface area (Å²) in [6.07, 6.45) is 4.10. The molecule has 2 aliphatic carbocycles. The van der Waals surface area contributed by atoms with Gasteiger partial charge in [0, 0.05) is 5.92 Å². The van der Waals surface area contributed by atoms with Crippen LogP contribution in [0.1, 0.15) is 30.7 Å². The second kappa shape index (κ2) is 6.72. The van der Waals surface area contributed by atoms with E-state index in [-0.39, 0.29) is 17.2 Å². The molecule has 1 saturated carbocycles. The highest BCUT2D eigenvalue weighted by molar-refractivity contribution is 6.13. The Balaban J connectivity index is 2.33. The number of carbonyl (C=O) groups excluding carboxylic acids is 1. The van der Waals surface area contributed by atoms with Crippen LogP contribution in [0.2, 0.25) is 0 Å². The lowest BCUT2D eigenvalue weighted by Gasteiger charge is -2.47. The van der Waals surface area contributed by atoms with E-state index in [1.807, 2.05) is 12.1 Å². The molecular weight excluding hydrogens is 333 g/mol. The van der Waals surface area contributed by atoms with Crippen LogP contribution in [0.5, 0.6) is 0 Å². The fourth-order valence-electron chi connectivity index (χ4n) is 4.37. The maximum absolute atomic E-state index is 14.7. The number of methoxy groups -OCH3 is 1. The molecule has 4 atom stereocenters. The number of nitriles is 2. The number of carbonyl (C=O) groups is 1. The third-order valence-corrected chi connectivity index (χ3v) is 5.50. The molecule has 26 heavy (non-hydrogen) atoms. The Hall–Kier alpha value is -2.99. The number of esters is 1. The third-order valence-electron chi connectivity index (χ3n) is 5.50. The molecule has 0 aromatic heterocycles. The van der Waals surface area contributed by atoms with Crippen molar-refractivity contribution < 1.29 is 13.9 Å². The average molecular weight is 351 g/mol. The van der Waals surface area contributed by atoms with Gasteiger partial charge in [-0.3, -0.25) is 0 Å². The Morgan fingerprint density at radius 3 is 2.73 bits per heavy atom. The highest BCUT2D eigenvalue weighted by Crippen LogP contribution is 2.56. The summed E-state index contributed by atoms with van der Waals surface area (Å²) in [4.78, 5) is 12.7. The first-order valence-corrected chi connectivity index (χ1v) is 8.45. The number of nitrogens with one attached hydrogen (secondary N) is 1. The van der Waals surface area contributed by atoms with E-state index in [0.29, 0.717) is 12.0 Å². The van der Waals surface area contributed by atoms with Crippen LogP contribution in [0.15, 0.2) is 35.9 Å². The van der Waals surface area contributed by atoms with Crippen molar-refractivity contribution in [2.75, 3.05) is 7.11 Å². The minimum Gasteiger partial charge on any atom is -0.468 e. The molecule has 2 aliphatic rings. The smallest absolute Gasteiger partial charge is 0.332 e. The minimum absolute atomic E-state index is 0.207. The van der Waals surface area contributed by atoms with Gasteiger partial charge in [-0.1, -0.05) is 24.3 Å². The number of hydrogen-bond acceptors (Lipinski definition) is 5. The van der Waals surface area contributed by atoms with Crippen molar-refractivity contribution in [3.05, 3.63) is 47.3 Å². The summed E-state index contributed by atoms with van der Waals surface area (Å²) < 4.78 is 19.5. The molecule has 0 amide bonds. The summed E-state index contributed by atoms with van der Waals surface area (Å²) in [7, 11) is 1.14. The lowest BCUT2D eigenvalue weighted by Crippen LogP contribution is -2.54. The molecule has 0 spiro atoms. The Kier molecular flexibility index (Phi) is 4.61. The lowest BCUT2D eigenvalue weighted by atomic mass is 9.52. The zero-order valence-corrected chi connectivity index (χ0v) is 14.3. The predicted molar refractivity (Wildman–Crippen MR) is 91.5 cm³/mol. The van der Waals surface area contributed by atoms with Gasteiger partial charge in [-0.05, 0) is 42.4 Å². The number of ether oxygens (including phenoxy) is 1. The molecule has 1 fully saturated rings. The number of nitrogens with zero attached hydrogens (tertiary/aromatic N) is 2. The molecule has 3 rings (SSSR count). The SMILES string of the molecule is COC(=O)[C@@]1(C#N)C(=N)[C@@H](C#N)C2=CCCC[C@H]2[C@@H]1c1ccccc1F. The summed E-state index contributed by atoms with van der Waals surface area (Å²) in [5.74, 6) is -3.68. The number of halogens is 1. The number of allylic oxidation sites excluding steroid dienone is 2. The normalized spacial score (nSPS) is 30.4. The largest absolute Gasteiger partial charge is 0.468 e. The molecule has 0 heterocycles. The van der Waals surface area contributed by atoms with Crippen molar-refractivity contribution in [2.45, 2.75) is 25.2 Å². The van der Waals surface area contributed by atoms with Gasteiger partial charge < -0.3 is 10.1 Å². The molecular formula is C20H18FN3O2. The highest BCUT2D eigenvalue weighted by Gasteiger charge is 2.62. The van der Waals surface area contributed by atoms with Crippen LogP contribution >= 0.6 is 0 Å². The molecule has 5 nitrogen and oxygen atoms in total. The zero-order chi connectivity index (χ0) is 18.9. The van der Waals surface area contributed by atoms with Gasteiger partial charge in [-0.25, -0.2) is 9.18 Å². The molecule has 132 valence electrons. The van der Waals surface area contributed by atoms with Crippen LogP contribution in [0.25, 0.3) is 0 Å². The molecule has 0 saturated heterocycles. The summed E-state index contributed by atoms with van der Waals surface area (Å²) in [5, 5.41) is 28.2. The number of hydrogen-bond donors (Lipinski definition) is 1. The first-order chi connectivity index (χ1) is 12.5. The van der Waals surface area contributed by atoms with E-state index in [9.17, 15) is 19.7 Å². The van der Waals surface area contributed by atoms with Gasteiger partial charge in [0.25, 0.3) is 0 Å². The summed E-state index contributed by atoms with van der Waals surface area (Å²) in [6, 6.07) is 10.0. The van der Waals surface area contributed by atoms with E-state index in [0.717, 1.165) is 20.0 Å². The molecule has 1 aromatic rings. The van der Waals surface area contributed by atoms with Crippen molar-refractivity contribution in [2.24, 2.45) is 17.3 Å². The van der Waals surface area contributed by atoms with Gasteiger partial charge in [-0.2, -0.15) is 10.5 Å². The quantitative estimate of drug-likeness (QED) is 0.651. The van der Waals surface area contributed by atoms with E-state index < -0.39 is 29.0 Å². The number of benzene rings is 1. The van der Waals surface area contributed by atoms with Crippen LogP contribution < -0.4 is 0 Å². The van der Waals surface area contributed by atoms with E-state index in [1.165, 1.54) is 12.1 Å². The molecule has 0 unspecified atom stereocenters. The Bertz CT molecular complexity index is 880. The van der Waals surface area contributed by atoms with Crippen molar-refractivity contribution >= 4 is 11.7 Å². The highest BCUT2D eigenvalue weighted by atomic mass is 19.1. The van der Waals surface area contributed by atoms with Crippen molar-refractivity contribution in [1.29, 1.82) is 15.9 Å². The van der Waals surface area contributed by atoms with Crippen LogP contribution in [-0.4, -0.2) is 18.8 Å². The number of rotatable bonds is 2. The van der Waals surface area contributed by atoms with Crippen molar-refractivity contribution in [3.8, 4) is 12.1 Å². The van der Waals surface area contributed by atoms with Gasteiger partial charge in [0.15, 0.2) is 0 Å². The van der Waals surface area contributed by atoms with Crippen molar-refractivity contribution in [3.63, 3.8) is 0 Å². The maximum Gasteiger partial charge on any atom is 0.332 e. The summed E-state index contributed by atoms with van der Waals surface area (Å²) in [6.45, 7) is 0. The standard InChI is InChI=1S/C20H18FN3O2/c1-26-19(25)20(11-23)17(14-8-4-5-9-16(14)21)13-7-3-2-6-12(13)15(10-22)18(20)24/h4-6,8-9,13,15,17,24H,2-3,7H2,1H3/t13-,15+,17-,20-/m1/s1. The molecule has 6 heteroatoms. The maximum atomic E-state index is 14.7. The third kappa shape index (κ3) is 2.34. The minimum atomic E-state index is -2.02. The molecule has 1 aromatic carbocycles. The van der Waals surface area contributed by atoms with Crippen LogP contribution in [0.4, 0.5) is 4.39 Å². The Morgan fingerprint density at radius 2 is 2.12 bits per heavy atom. The second-order valence-corrected chi connectivity index (χ2v) is 6.63. The average Bonchev–Trinajstić information content (AvgIpc) is 2.67. The monoisotopic (exact) mass is 351 g/mol. The molecule has 0 aliphatic heterocycles. The summed E-state index contributed by atoms with van der Waals surface area (Å²) >= 11 is 0. The first kappa shape index (κ1) is 17.8. The fraction of sp³-hybridized carbons (Fsp3) is 0.400. The predicted octanol–water partition coefficient (Wildman–Crippen LogP) is 3.49. The second-order valence-electron chi connectivity index (χ2n) is 6.63. The van der Waals surface area contributed by atoms with Crippen LogP contribution in [-0.2, 0) is 9.53 Å². The van der Waals surface area contributed by atoms with Crippen LogP contribution in [0, 0.1) is 51.1 Å². The molecule has 0 radical (unpaired) electrons. The Labute approximate surface area is 151 Å². The first-order valence-electron chi connectivity index (χ1n) is 8.45. The number of fused-ring (bicyclic) bond motifs is 1. The van der Waals surface area contributed by atoms with Crippen molar-refractivity contribution in [1.82, 2.24) is 0 Å². The van der Waals surface area contributed by atoms with E-state index in [4.69, 9.17) is 10.1 Å². The van der Waals surface area contributed by atoms with E-state index in [1.54, 1.807) is 12.1 Å². The summed E-state index contributed by atoms with van der Waals surface area (Å²) in [5.41, 5.74) is -1.42. The zero-order valence-electron chi connectivity index (χ0n) is 14.3. The lowest BCUT2D eigenvalue weighted by molar-refractivity contribution is -0.148. The van der Waals surface area contributed by atoms with Gasteiger partial charge in [0.1, 0.15) is 11.7 Å². The Morgan fingerprint density at radius 1 is 1.38 bits per heavy atom. The van der Waals surface area contributed by atoms with E-state index >= 15 is 0 Å².